The van der Waals surface area contributed by atoms with Gasteiger partial charge in [-0.1, -0.05) is 26.5 Å². The highest BCUT2D eigenvalue weighted by Crippen LogP contribution is 2.28. The summed E-state index contributed by atoms with van der Waals surface area (Å²) in [6.45, 7) is 10.1. The molecule has 2 heterocycles. The predicted molar refractivity (Wildman–Crippen MR) is 93.1 cm³/mol. The fraction of sp³-hybridized carbons (Fsp3) is 0.444. The molecular formula is C18H25N3O2. The molecule has 0 aliphatic carbocycles. The number of rotatable bonds is 7. The molecule has 0 aromatic carbocycles. The first-order chi connectivity index (χ1) is 11.0. The number of carbonyl (C=O) groups is 1. The summed E-state index contributed by atoms with van der Waals surface area (Å²) in [5, 5.41) is 0. The molecule has 0 aliphatic heterocycles. The largest absolute Gasteiger partial charge is 0.486 e. The third kappa shape index (κ3) is 3.23. The number of ether oxygens (including phenoxy) is 1. The lowest BCUT2D eigenvalue weighted by molar-refractivity contribution is -0.122. The molecular weight excluding hydrogens is 290 g/mol. The number of pyridine rings is 1. The second kappa shape index (κ2) is 7.31. The SMILES string of the molecule is C=CCOc1cccn2c(N(C)C(=O)C(CC)CC)c(C)nc12. The molecule has 0 fully saturated rings. The summed E-state index contributed by atoms with van der Waals surface area (Å²) in [5.74, 6) is 1.63. The van der Waals surface area contributed by atoms with Crippen molar-refractivity contribution < 1.29 is 9.53 Å². The van der Waals surface area contributed by atoms with Crippen LogP contribution in [0.1, 0.15) is 32.4 Å². The molecule has 0 bridgehead atoms. The lowest BCUT2D eigenvalue weighted by Crippen LogP contribution is -2.33. The lowest BCUT2D eigenvalue weighted by Gasteiger charge is -2.22. The number of anilines is 1. The van der Waals surface area contributed by atoms with Crippen molar-refractivity contribution in [2.45, 2.75) is 33.6 Å². The maximum absolute atomic E-state index is 12.7. The van der Waals surface area contributed by atoms with Crippen molar-refractivity contribution in [1.29, 1.82) is 0 Å². The topological polar surface area (TPSA) is 46.8 Å². The van der Waals surface area contributed by atoms with Crippen LogP contribution in [0.3, 0.4) is 0 Å². The quantitative estimate of drug-likeness (QED) is 0.733. The Kier molecular flexibility index (Phi) is 5.42. The minimum Gasteiger partial charge on any atom is -0.486 e. The van der Waals surface area contributed by atoms with E-state index in [2.05, 4.69) is 11.6 Å². The fourth-order valence-electron chi connectivity index (χ4n) is 2.83. The van der Waals surface area contributed by atoms with Crippen molar-refractivity contribution in [3.05, 3.63) is 36.7 Å². The van der Waals surface area contributed by atoms with Crippen LogP contribution in [0.2, 0.25) is 0 Å². The maximum atomic E-state index is 12.7. The Balaban J connectivity index is 2.47. The summed E-state index contributed by atoms with van der Waals surface area (Å²) in [7, 11) is 1.81. The number of amides is 1. The number of nitrogens with zero attached hydrogens (tertiary/aromatic N) is 3. The second-order valence-electron chi connectivity index (χ2n) is 5.60. The second-order valence-corrected chi connectivity index (χ2v) is 5.60. The molecule has 0 atom stereocenters. The average Bonchev–Trinajstić information content (AvgIpc) is 2.89. The molecule has 0 aliphatic rings. The van der Waals surface area contributed by atoms with Crippen LogP contribution >= 0.6 is 0 Å². The van der Waals surface area contributed by atoms with E-state index in [1.807, 2.05) is 50.5 Å². The van der Waals surface area contributed by atoms with Crippen molar-refractivity contribution in [3.63, 3.8) is 0 Å². The van der Waals surface area contributed by atoms with Crippen molar-refractivity contribution in [3.8, 4) is 5.75 Å². The first kappa shape index (κ1) is 17.1. The van der Waals surface area contributed by atoms with Gasteiger partial charge in [-0.25, -0.2) is 4.98 Å². The van der Waals surface area contributed by atoms with Crippen LogP contribution in [-0.4, -0.2) is 28.9 Å². The average molecular weight is 315 g/mol. The van der Waals surface area contributed by atoms with E-state index in [0.29, 0.717) is 18.0 Å². The van der Waals surface area contributed by atoms with Crippen LogP contribution in [0.15, 0.2) is 31.0 Å². The van der Waals surface area contributed by atoms with E-state index in [0.717, 1.165) is 24.4 Å². The Morgan fingerprint density at radius 1 is 1.48 bits per heavy atom. The van der Waals surface area contributed by atoms with E-state index in [4.69, 9.17) is 4.74 Å². The van der Waals surface area contributed by atoms with Gasteiger partial charge in [0.15, 0.2) is 11.4 Å². The fourth-order valence-corrected chi connectivity index (χ4v) is 2.83. The number of imidazole rings is 1. The first-order valence-corrected chi connectivity index (χ1v) is 8.04. The van der Waals surface area contributed by atoms with Crippen LogP contribution in [0.4, 0.5) is 5.82 Å². The Hall–Kier alpha value is -2.30. The van der Waals surface area contributed by atoms with Gasteiger partial charge in [0.05, 0.1) is 5.69 Å². The summed E-state index contributed by atoms with van der Waals surface area (Å²) >= 11 is 0. The zero-order chi connectivity index (χ0) is 17.0. The van der Waals surface area contributed by atoms with Gasteiger partial charge in [-0.3, -0.25) is 14.1 Å². The minimum absolute atomic E-state index is 0.0325. The van der Waals surface area contributed by atoms with Gasteiger partial charge in [0.25, 0.3) is 0 Å². The standard InChI is InChI=1S/C18H25N3O2/c1-6-12-23-15-10-9-11-21-16(15)19-13(4)17(21)20(5)18(22)14(7-2)8-3/h6,9-11,14H,1,7-8,12H2,2-5H3. The third-order valence-electron chi connectivity index (χ3n) is 4.10. The van der Waals surface area contributed by atoms with E-state index in [9.17, 15) is 4.79 Å². The summed E-state index contributed by atoms with van der Waals surface area (Å²) in [5.41, 5.74) is 1.52. The number of hydrogen-bond acceptors (Lipinski definition) is 3. The Morgan fingerprint density at radius 2 is 2.17 bits per heavy atom. The normalized spacial score (nSPS) is 11.0. The van der Waals surface area contributed by atoms with Gasteiger partial charge in [-0.05, 0) is 31.9 Å². The first-order valence-electron chi connectivity index (χ1n) is 8.04. The molecule has 2 rings (SSSR count). The van der Waals surface area contributed by atoms with E-state index >= 15 is 0 Å². The van der Waals surface area contributed by atoms with E-state index in [1.54, 1.807) is 11.0 Å². The number of aryl methyl sites for hydroxylation is 1. The monoisotopic (exact) mass is 315 g/mol. The molecule has 2 aromatic heterocycles. The Bertz CT molecular complexity index is 702. The number of hydrogen-bond donors (Lipinski definition) is 0. The van der Waals surface area contributed by atoms with E-state index in [1.165, 1.54) is 0 Å². The molecule has 0 spiro atoms. The summed E-state index contributed by atoms with van der Waals surface area (Å²) in [6, 6.07) is 3.77. The summed E-state index contributed by atoms with van der Waals surface area (Å²) in [6.07, 6.45) is 5.28. The van der Waals surface area contributed by atoms with Crippen molar-refractivity contribution in [2.75, 3.05) is 18.6 Å². The van der Waals surface area contributed by atoms with Gasteiger partial charge >= 0.3 is 0 Å². The molecule has 0 radical (unpaired) electrons. The third-order valence-corrected chi connectivity index (χ3v) is 4.10. The minimum atomic E-state index is 0.0325. The zero-order valence-electron chi connectivity index (χ0n) is 14.4. The molecule has 124 valence electrons. The summed E-state index contributed by atoms with van der Waals surface area (Å²) in [4.78, 5) is 19.0. The Morgan fingerprint density at radius 3 is 2.78 bits per heavy atom. The predicted octanol–water partition coefficient (Wildman–Crippen LogP) is 3.61. The highest BCUT2D eigenvalue weighted by Gasteiger charge is 2.24. The maximum Gasteiger partial charge on any atom is 0.230 e. The number of aromatic nitrogens is 2. The number of fused-ring (bicyclic) bond motifs is 1. The van der Waals surface area contributed by atoms with E-state index < -0.39 is 0 Å². The highest BCUT2D eigenvalue weighted by molar-refractivity contribution is 5.94. The Labute approximate surface area is 137 Å². The molecule has 5 heteroatoms. The molecule has 0 saturated carbocycles. The van der Waals surface area contributed by atoms with Crippen LogP contribution in [0.25, 0.3) is 5.65 Å². The molecule has 23 heavy (non-hydrogen) atoms. The lowest BCUT2D eigenvalue weighted by atomic mass is 10.0. The van der Waals surface area contributed by atoms with Crippen molar-refractivity contribution in [1.82, 2.24) is 9.38 Å². The molecule has 0 saturated heterocycles. The van der Waals surface area contributed by atoms with Gasteiger partial charge < -0.3 is 4.74 Å². The van der Waals surface area contributed by atoms with Crippen LogP contribution in [-0.2, 0) is 4.79 Å². The molecule has 0 unspecified atom stereocenters. The molecule has 2 aromatic rings. The smallest absolute Gasteiger partial charge is 0.230 e. The summed E-state index contributed by atoms with van der Waals surface area (Å²) < 4.78 is 7.57. The van der Waals surface area contributed by atoms with Crippen LogP contribution in [0.5, 0.6) is 5.75 Å². The van der Waals surface area contributed by atoms with Crippen molar-refractivity contribution >= 4 is 17.4 Å². The van der Waals surface area contributed by atoms with Crippen LogP contribution in [0, 0.1) is 12.8 Å². The van der Waals surface area contributed by atoms with E-state index in [-0.39, 0.29) is 11.8 Å². The van der Waals surface area contributed by atoms with Gasteiger partial charge in [-0.15, -0.1) is 0 Å². The van der Waals surface area contributed by atoms with Gasteiger partial charge in [0, 0.05) is 19.2 Å². The highest BCUT2D eigenvalue weighted by atomic mass is 16.5. The number of carbonyl (C=O) groups excluding carboxylic acids is 1. The van der Waals surface area contributed by atoms with Crippen LogP contribution < -0.4 is 9.64 Å². The van der Waals surface area contributed by atoms with Gasteiger partial charge in [0.2, 0.25) is 5.91 Å². The molecule has 1 amide bonds. The van der Waals surface area contributed by atoms with Gasteiger partial charge in [-0.2, -0.15) is 0 Å². The van der Waals surface area contributed by atoms with Crippen molar-refractivity contribution in [2.24, 2.45) is 5.92 Å². The van der Waals surface area contributed by atoms with Gasteiger partial charge in [0.1, 0.15) is 12.4 Å². The molecule has 0 N–H and O–H groups in total. The zero-order valence-corrected chi connectivity index (χ0v) is 14.4. The molecule has 5 nitrogen and oxygen atoms in total.